The van der Waals surface area contributed by atoms with E-state index < -0.39 is 23.8 Å². The van der Waals surface area contributed by atoms with Crippen molar-refractivity contribution in [3.8, 4) is 0 Å². The molecule has 5 nitrogen and oxygen atoms in total. The van der Waals surface area contributed by atoms with Gasteiger partial charge in [0, 0.05) is 21.7 Å². The van der Waals surface area contributed by atoms with Crippen molar-refractivity contribution in [2.75, 3.05) is 9.74 Å². The van der Waals surface area contributed by atoms with E-state index in [9.17, 15) is 18.0 Å². The van der Waals surface area contributed by atoms with Gasteiger partial charge in [0.25, 0.3) is 5.91 Å². The first-order valence-corrected chi connectivity index (χ1v) is 11.1. The van der Waals surface area contributed by atoms with Gasteiger partial charge in [-0.1, -0.05) is 28.7 Å². The number of rotatable bonds is 4. The summed E-state index contributed by atoms with van der Waals surface area (Å²) in [5.74, 6) is -0.0812. The molecule has 1 saturated carbocycles. The molecule has 0 saturated heterocycles. The third-order valence-electron chi connectivity index (χ3n) is 5.26. The summed E-state index contributed by atoms with van der Waals surface area (Å²) >= 11 is 2.39. The zero-order chi connectivity index (χ0) is 22.2. The topological polar surface area (TPSA) is 59.8 Å². The van der Waals surface area contributed by atoms with Crippen LogP contribution in [0.1, 0.15) is 49.3 Å². The van der Waals surface area contributed by atoms with Gasteiger partial charge in [-0.3, -0.25) is 9.48 Å². The monoisotopic (exact) mass is 529 g/mol. The molecule has 0 radical (unpaired) electrons. The van der Waals surface area contributed by atoms with E-state index >= 15 is 0 Å². The molecular weight excluding hydrogens is 508 g/mol. The van der Waals surface area contributed by atoms with Gasteiger partial charge < -0.3 is 5.32 Å². The van der Waals surface area contributed by atoms with Crippen LogP contribution in [0, 0.1) is 5.92 Å². The number of halogens is 4. The zero-order valence-electron chi connectivity index (χ0n) is 16.9. The Kier molecular flexibility index (Phi) is 5.62. The van der Waals surface area contributed by atoms with Gasteiger partial charge >= 0.3 is 6.18 Å². The van der Waals surface area contributed by atoms with Crippen LogP contribution in [0.15, 0.2) is 42.6 Å². The average Bonchev–Trinajstić information content (AvgIpc) is 3.18. The van der Waals surface area contributed by atoms with E-state index in [1.54, 1.807) is 29.1 Å². The summed E-state index contributed by atoms with van der Waals surface area (Å²) in [6.45, 7) is 0. The van der Waals surface area contributed by atoms with E-state index in [0.29, 0.717) is 17.1 Å². The molecule has 158 valence electrons. The predicted molar refractivity (Wildman–Crippen MR) is 117 cm³/mol. The number of pyridine rings is 1. The van der Waals surface area contributed by atoms with E-state index in [4.69, 9.17) is 1.37 Å². The number of benzene rings is 1. The summed E-state index contributed by atoms with van der Waals surface area (Å²) in [6, 6.07) is 7.48. The molecule has 1 N–H and O–H groups in total. The highest BCUT2D eigenvalue weighted by Crippen LogP contribution is 2.34. The molecule has 4 rings (SSSR count). The third-order valence-corrected chi connectivity index (χ3v) is 6.50. The van der Waals surface area contributed by atoms with Crippen molar-refractivity contribution in [1.82, 2.24) is 14.8 Å². The molecule has 1 aromatic carbocycles. The summed E-state index contributed by atoms with van der Waals surface area (Å²) < 4.78 is 50.2. The maximum absolute atomic E-state index is 12.8. The Morgan fingerprint density at radius 3 is 2.70 bits per heavy atom. The number of hydrogen-bond donors (Lipinski definition) is 1. The van der Waals surface area contributed by atoms with Gasteiger partial charge in [0.1, 0.15) is 11.4 Å². The van der Waals surface area contributed by atoms with Gasteiger partial charge in [0.2, 0.25) is 0 Å². The number of fused-ring (bicyclic) bond motifs is 1. The summed E-state index contributed by atoms with van der Waals surface area (Å²) in [5, 5.41) is 7.89. The van der Waals surface area contributed by atoms with Crippen LogP contribution < -0.4 is 5.32 Å². The van der Waals surface area contributed by atoms with E-state index in [-0.39, 0.29) is 5.69 Å². The molecule has 1 aliphatic rings. The van der Waals surface area contributed by atoms with Crippen molar-refractivity contribution in [1.29, 1.82) is 0 Å². The van der Waals surface area contributed by atoms with E-state index in [0.717, 1.165) is 47.6 Å². The lowest BCUT2D eigenvalue weighted by Crippen LogP contribution is -2.19. The molecular formula is C21H20F3IN4O. The number of aromatic nitrogens is 3. The lowest BCUT2D eigenvalue weighted by atomic mass is 9.87. The van der Waals surface area contributed by atoms with Crippen LogP contribution in [0.25, 0.3) is 10.9 Å². The minimum atomic E-state index is -4.62. The number of anilines is 1. The van der Waals surface area contributed by atoms with E-state index in [1.165, 1.54) is 6.07 Å². The minimum Gasteiger partial charge on any atom is -0.321 e. The predicted octanol–water partition coefficient (Wildman–Crippen LogP) is 5.87. The lowest BCUT2D eigenvalue weighted by molar-refractivity contribution is -0.141. The minimum absolute atomic E-state index is 0.317. The Morgan fingerprint density at radius 1 is 1.23 bits per heavy atom. The van der Waals surface area contributed by atoms with E-state index in [2.05, 4.69) is 38.0 Å². The largest absolute Gasteiger partial charge is 0.433 e. The SMILES string of the molecule is [2H]C1(n2cc3cc(NC(=O)c4cccc(C(F)(F)F)n4)ccc3n2)CCC(CI)CC1. The molecule has 0 atom stereocenters. The second kappa shape index (κ2) is 8.52. The normalized spacial score (nSPS) is 22.7. The fourth-order valence-electron chi connectivity index (χ4n) is 3.57. The molecule has 1 aliphatic carbocycles. The molecule has 0 spiro atoms. The van der Waals surface area contributed by atoms with E-state index in [1.807, 2.05) is 0 Å². The molecule has 9 heteroatoms. The summed E-state index contributed by atoms with van der Waals surface area (Å²) in [7, 11) is 0. The Bertz CT molecular complexity index is 1110. The Hall–Kier alpha value is -2.17. The van der Waals surface area contributed by atoms with Crippen molar-refractivity contribution in [2.45, 2.75) is 37.9 Å². The fraction of sp³-hybridized carbons (Fsp3) is 0.381. The third kappa shape index (κ3) is 4.60. The molecule has 0 aliphatic heterocycles. The number of carbonyl (C=O) groups excluding carboxylic acids is 1. The van der Waals surface area contributed by atoms with Gasteiger partial charge in [-0.2, -0.15) is 18.3 Å². The Balaban J connectivity index is 1.53. The first kappa shape index (κ1) is 19.8. The van der Waals surface area contributed by atoms with Crippen LogP contribution in [0.5, 0.6) is 0 Å². The standard InChI is InChI=1S/C21H20F3IN4O/c22-21(23,24)19-3-1-2-18(27-19)20(30)26-15-6-9-17-14(10-15)12-29(28-17)16-7-4-13(11-25)5-8-16/h1-3,6,9-10,12-13,16H,4-5,7-8,11H2,(H,26,30)/i16D. The smallest absolute Gasteiger partial charge is 0.321 e. The summed E-state index contributed by atoms with van der Waals surface area (Å²) in [4.78, 5) is 15.8. The molecule has 1 fully saturated rings. The first-order chi connectivity index (χ1) is 14.7. The van der Waals surface area contributed by atoms with Gasteiger partial charge in [-0.15, -0.1) is 0 Å². The first-order valence-electron chi connectivity index (χ1n) is 10.1. The number of hydrogen-bond acceptors (Lipinski definition) is 3. The highest BCUT2D eigenvalue weighted by atomic mass is 127. The van der Waals surface area contributed by atoms with Crippen molar-refractivity contribution in [3.63, 3.8) is 0 Å². The van der Waals surface area contributed by atoms with Crippen molar-refractivity contribution in [3.05, 3.63) is 54.0 Å². The molecule has 3 aromatic rings. The number of alkyl halides is 4. The maximum Gasteiger partial charge on any atom is 0.433 e. The van der Waals surface area contributed by atoms with Crippen LogP contribution >= 0.6 is 22.6 Å². The molecule has 30 heavy (non-hydrogen) atoms. The number of amides is 1. The summed E-state index contributed by atoms with van der Waals surface area (Å²) in [5.41, 5.74) is -0.320. The second-order valence-electron chi connectivity index (χ2n) is 7.37. The van der Waals surface area contributed by atoms with Crippen LogP contribution in [0.3, 0.4) is 0 Å². The van der Waals surface area contributed by atoms with Gasteiger partial charge in [0.05, 0.1) is 12.9 Å². The molecule has 0 bridgehead atoms. The molecule has 2 aromatic heterocycles. The lowest BCUT2D eigenvalue weighted by Gasteiger charge is -2.27. The Morgan fingerprint density at radius 2 is 2.00 bits per heavy atom. The Labute approximate surface area is 186 Å². The average molecular weight is 529 g/mol. The van der Waals surface area contributed by atoms with Gasteiger partial charge in [-0.05, 0) is 61.9 Å². The van der Waals surface area contributed by atoms with Crippen LogP contribution in [0.4, 0.5) is 18.9 Å². The van der Waals surface area contributed by atoms with Crippen molar-refractivity contribution in [2.24, 2.45) is 5.92 Å². The van der Waals surface area contributed by atoms with Gasteiger partial charge in [0.15, 0.2) is 0 Å². The van der Waals surface area contributed by atoms with Crippen molar-refractivity contribution >= 4 is 45.1 Å². The second-order valence-corrected chi connectivity index (χ2v) is 8.25. The highest BCUT2D eigenvalue weighted by molar-refractivity contribution is 14.1. The quantitative estimate of drug-likeness (QED) is 0.340. The fourth-order valence-corrected chi connectivity index (χ4v) is 4.45. The van der Waals surface area contributed by atoms with Crippen LogP contribution in [-0.4, -0.2) is 25.1 Å². The molecule has 2 heterocycles. The number of nitrogens with one attached hydrogen (secondary N) is 1. The van der Waals surface area contributed by atoms with Gasteiger partial charge in [-0.25, -0.2) is 4.98 Å². The van der Waals surface area contributed by atoms with Crippen LogP contribution in [-0.2, 0) is 6.18 Å². The summed E-state index contributed by atoms with van der Waals surface area (Å²) in [6.07, 6.45) is 0.636. The van der Waals surface area contributed by atoms with Crippen molar-refractivity contribution < 1.29 is 19.3 Å². The number of nitrogens with zero attached hydrogens (tertiary/aromatic N) is 3. The van der Waals surface area contributed by atoms with Crippen LogP contribution in [0.2, 0.25) is 0 Å². The maximum atomic E-state index is 12.8. The molecule has 0 unspecified atom stereocenters. The molecule has 1 amide bonds. The highest BCUT2D eigenvalue weighted by Gasteiger charge is 2.33. The zero-order valence-corrected chi connectivity index (χ0v) is 18.1. The number of carbonyl (C=O) groups is 1.